The number of H-pyrrole nitrogens is 1. The summed E-state index contributed by atoms with van der Waals surface area (Å²) in [6.07, 6.45) is 0.275. The third kappa shape index (κ3) is 4.27. The van der Waals surface area contributed by atoms with Gasteiger partial charge in [-0.2, -0.15) is 0 Å². The van der Waals surface area contributed by atoms with Crippen LogP contribution in [-0.2, 0) is 16.1 Å². The number of esters is 1. The molecular formula is C14H16ClN3O3. The van der Waals surface area contributed by atoms with Crippen LogP contribution in [0.5, 0.6) is 0 Å². The first-order valence-corrected chi connectivity index (χ1v) is 7.02. The summed E-state index contributed by atoms with van der Waals surface area (Å²) in [6, 6.07) is 4.94. The number of aromatic nitrogens is 2. The van der Waals surface area contributed by atoms with Crippen LogP contribution >= 0.6 is 11.6 Å². The number of carbonyl (C=O) groups excluding carboxylic acids is 1. The van der Waals surface area contributed by atoms with Gasteiger partial charge in [0.25, 0.3) is 5.56 Å². The minimum atomic E-state index is -0.253. The normalized spacial score (nSPS) is 10.8. The van der Waals surface area contributed by atoms with E-state index in [1.807, 2.05) is 0 Å². The summed E-state index contributed by atoms with van der Waals surface area (Å²) < 4.78 is 4.82. The number of hydrogen-bond acceptors (Lipinski definition) is 5. The van der Waals surface area contributed by atoms with Crippen molar-refractivity contribution in [2.45, 2.75) is 19.9 Å². The fourth-order valence-corrected chi connectivity index (χ4v) is 2.04. The van der Waals surface area contributed by atoms with Crippen molar-refractivity contribution < 1.29 is 9.53 Å². The van der Waals surface area contributed by atoms with Crippen LogP contribution in [0, 0.1) is 0 Å². The average Bonchev–Trinajstić information content (AvgIpc) is 2.43. The maximum absolute atomic E-state index is 11.9. The molecule has 0 aliphatic rings. The summed E-state index contributed by atoms with van der Waals surface area (Å²) in [5.41, 5.74) is 0.340. The highest BCUT2D eigenvalue weighted by atomic mass is 35.5. The maximum atomic E-state index is 11.9. The van der Waals surface area contributed by atoms with Gasteiger partial charge < -0.3 is 15.0 Å². The molecule has 0 aliphatic carbocycles. The lowest BCUT2D eigenvalue weighted by molar-refractivity contribution is -0.142. The summed E-state index contributed by atoms with van der Waals surface area (Å²) in [5.74, 6) is 0.246. The van der Waals surface area contributed by atoms with Gasteiger partial charge >= 0.3 is 5.97 Å². The van der Waals surface area contributed by atoms with Crippen LogP contribution in [0.1, 0.15) is 19.2 Å². The van der Waals surface area contributed by atoms with Gasteiger partial charge in [-0.25, -0.2) is 4.98 Å². The van der Waals surface area contributed by atoms with Crippen molar-refractivity contribution in [2.75, 3.05) is 13.2 Å². The quantitative estimate of drug-likeness (QED) is 0.626. The van der Waals surface area contributed by atoms with Gasteiger partial charge in [-0.1, -0.05) is 11.6 Å². The Hall–Kier alpha value is -1.92. The van der Waals surface area contributed by atoms with E-state index in [-0.39, 0.29) is 17.9 Å². The van der Waals surface area contributed by atoms with E-state index in [0.29, 0.717) is 41.4 Å². The lowest BCUT2D eigenvalue weighted by atomic mass is 10.2. The van der Waals surface area contributed by atoms with Crippen molar-refractivity contribution in [2.24, 2.45) is 0 Å². The number of nitrogens with zero attached hydrogens (tertiary/aromatic N) is 1. The Morgan fingerprint density at radius 1 is 1.48 bits per heavy atom. The van der Waals surface area contributed by atoms with Crippen LogP contribution in [0.4, 0.5) is 0 Å². The Labute approximate surface area is 126 Å². The van der Waals surface area contributed by atoms with E-state index in [9.17, 15) is 9.59 Å². The second-order valence-corrected chi connectivity index (χ2v) is 4.84. The van der Waals surface area contributed by atoms with Crippen molar-refractivity contribution in [3.05, 3.63) is 39.4 Å². The van der Waals surface area contributed by atoms with Crippen LogP contribution < -0.4 is 10.9 Å². The Balaban J connectivity index is 1.99. The van der Waals surface area contributed by atoms with Gasteiger partial charge in [-0.05, 0) is 25.1 Å². The second-order valence-electron chi connectivity index (χ2n) is 4.41. The number of fused-ring (bicyclic) bond motifs is 1. The van der Waals surface area contributed by atoms with Crippen molar-refractivity contribution in [1.29, 1.82) is 0 Å². The summed E-state index contributed by atoms with van der Waals surface area (Å²) in [6.45, 7) is 2.95. The molecule has 1 aromatic carbocycles. The first-order valence-electron chi connectivity index (χ1n) is 6.65. The number of ether oxygens (including phenoxy) is 1. The van der Waals surface area contributed by atoms with Crippen LogP contribution in [0.2, 0.25) is 5.02 Å². The Kier molecular flexibility index (Phi) is 5.30. The molecule has 0 atom stereocenters. The predicted molar refractivity (Wildman–Crippen MR) is 80.3 cm³/mol. The van der Waals surface area contributed by atoms with Crippen LogP contribution in [0.3, 0.4) is 0 Å². The Bertz CT molecular complexity index is 699. The van der Waals surface area contributed by atoms with E-state index in [1.165, 1.54) is 0 Å². The first-order chi connectivity index (χ1) is 10.1. The van der Waals surface area contributed by atoms with E-state index >= 15 is 0 Å². The summed E-state index contributed by atoms with van der Waals surface area (Å²) in [4.78, 5) is 30.1. The zero-order valence-electron chi connectivity index (χ0n) is 11.6. The maximum Gasteiger partial charge on any atom is 0.307 e. The molecule has 0 spiro atoms. The summed E-state index contributed by atoms with van der Waals surface area (Å²) in [5, 5.41) is 4.06. The first kappa shape index (κ1) is 15.5. The molecule has 1 heterocycles. The molecule has 2 N–H and O–H groups in total. The Morgan fingerprint density at radius 2 is 2.29 bits per heavy atom. The van der Waals surface area contributed by atoms with Gasteiger partial charge in [0.05, 0.1) is 30.5 Å². The standard InChI is InChI=1S/C14H16ClN3O3/c1-2-21-13(19)5-6-16-8-12-17-11-7-9(15)3-4-10(11)14(20)18-12/h3-4,7,16H,2,5-6,8H2,1H3,(H,17,18,20). The highest BCUT2D eigenvalue weighted by molar-refractivity contribution is 6.31. The molecule has 0 saturated heterocycles. The molecule has 0 fully saturated rings. The number of carbonyl (C=O) groups is 1. The largest absolute Gasteiger partial charge is 0.466 e. The number of nitrogens with one attached hydrogen (secondary N) is 2. The fraction of sp³-hybridized carbons (Fsp3) is 0.357. The van der Waals surface area contributed by atoms with E-state index in [2.05, 4.69) is 15.3 Å². The third-order valence-electron chi connectivity index (χ3n) is 2.82. The van der Waals surface area contributed by atoms with Crippen molar-refractivity contribution in [1.82, 2.24) is 15.3 Å². The van der Waals surface area contributed by atoms with Gasteiger partial charge in [0.2, 0.25) is 0 Å². The zero-order chi connectivity index (χ0) is 15.2. The molecule has 1 aromatic heterocycles. The number of aromatic amines is 1. The molecule has 6 nitrogen and oxygen atoms in total. The van der Waals surface area contributed by atoms with Gasteiger partial charge in [-0.15, -0.1) is 0 Å². The molecule has 2 aromatic rings. The number of rotatable bonds is 6. The van der Waals surface area contributed by atoms with Gasteiger partial charge in [0, 0.05) is 11.6 Å². The topological polar surface area (TPSA) is 84.1 Å². The fourth-order valence-electron chi connectivity index (χ4n) is 1.88. The SMILES string of the molecule is CCOC(=O)CCNCc1nc2cc(Cl)ccc2c(=O)[nH]1. The second kappa shape index (κ2) is 7.19. The minimum Gasteiger partial charge on any atom is -0.466 e. The molecule has 21 heavy (non-hydrogen) atoms. The van der Waals surface area contributed by atoms with Gasteiger partial charge in [0.15, 0.2) is 0 Å². The lowest BCUT2D eigenvalue weighted by Crippen LogP contribution is -2.22. The number of benzene rings is 1. The van der Waals surface area contributed by atoms with E-state index < -0.39 is 0 Å². The van der Waals surface area contributed by atoms with E-state index in [4.69, 9.17) is 16.3 Å². The van der Waals surface area contributed by atoms with Crippen molar-refractivity contribution in [3.63, 3.8) is 0 Å². The van der Waals surface area contributed by atoms with Gasteiger partial charge in [0.1, 0.15) is 5.82 Å². The third-order valence-corrected chi connectivity index (χ3v) is 3.06. The molecule has 0 unspecified atom stereocenters. The molecule has 7 heteroatoms. The molecule has 0 amide bonds. The molecule has 0 saturated carbocycles. The molecule has 112 valence electrons. The lowest BCUT2D eigenvalue weighted by Gasteiger charge is -2.05. The van der Waals surface area contributed by atoms with Crippen LogP contribution in [-0.4, -0.2) is 29.1 Å². The molecule has 0 aliphatic heterocycles. The van der Waals surface area contributed by atoms with E-state index in [0.717, 1.165) is 0 Å². The molecule has 0 bridgehead atoms. The minimum absolute atomic E-state index is 0.209. The zero-order valence-corrected chi connectivity index (χ0v) is 12.4. The number of hydrogen-bond donors (Lipinski definition) is 2. The highest BCUT2D eigenvalue weighted by Crippen LogP contribution is 2.14. The smallest absolute Gasteiger partial charge is 0.307 e. The van der Waals surface area contributed by atoms with E-state index in [1.54, 1.807) is 25.1 Å². The Morgan fingerprint density at radius 3 is 3.05 bits per heavy atom. The molecular weight excluding hydrogens is 294 g/mol. The highest BCUT2D eigenvalue weighted by Gasteiger charge is 2.05. The van der Waals surface area contributed by atoms with Gasteiger partial charge in [-0.3, -0.25) is 9.59 Å². The van der Waals surface area contributed by atoms with Crippen molar-refractivity contribution in [3.8, 4) is 0 Å². The van der Waals surface area contributed by atoms with Crippen LogP contribution in [0.25, 0.3) is 10.9 Å². The monoisotopic (exact) mass is 309 g/mol. The average molecular weight is 310 g/mol. The number of halogens is 1. The summed E-state index contributed by atoms with van der Waals surface area (Å²) >= 11 is 5.90. The predicted octanol–water partition coefficient (Wildman–Crippen LogP) is 1.62. The molecule has 0 radical (unpaired) electrons. The summed E-state index contributed by atoms with van der Waals surface area (Å²) in [7, 11) is 0. The van der Waals surface area contributed by atoms with Crippen LogP contribution in [0.15, 0.2) is 23.0 Å². The van der Waals surface area contributed by atoms with Crippen molar-refractivity contribution >= 4 is 28.5 Å². The molecule has 2 rings (SSSR count).